The Labute approximate surface area is 167 Å². The molecule has 0 radical (unpaired) electrons. The molecule has 0 bridgehead atoms. The molecule has 27 heavy (non-hydrogen) atoms. The van der Waals surface area contributed by atoms with Crippen LogP contribution in [0.4, 0.5) is 0 Å². The van der Waals surface area contributed by atoms with Crippen molar-refractivity contribution in [2.75, 3.05) is 32.5 Å². The number of methoxy groups -OCH3 is 2. The Morgan fingerprint density at radius 1 is 1.00 bits per heavy atom. The van der Waals surface area contributed by atoms with Gasteiger partial charge in [0.2, 0.25) is 6.79 Å². The maximum atomic E-state index is 11.2. The van der Waals surface area contributed by atoms with Gasteiger partial charge in [-0.2, -0.15) is 0 Å². The van der Waals surface area contributed by atoms with Crippen molar-refractivity contribution in [2.24, 2.45) is 0 Å². The molecule has 1 unspecified atom stereocenters. The number of hydrogen-bond donors (Lipinski definition) is 1. The first-order chi connectivity index (χ1) is 13.2. The Bertz CT molecular complexity index is 820. The third-order valence-electron chi connectivity index (χ3n) is 4.68. The van der Waals surface area contributed by atoms with Gasteiger partial charge in [0.25, 0.3) is 0 Å². The molecule has 0 aliphatic carbocycles. The quantitative estimate of drug-likeness (QED) is 0.791. The fourth-order valence-corrected chi connectivity index (χ4v) is 6.24. The molecule has 7 heteroatoms. The second-order valence-electron chi connectivity index (χ2n) is 6.28. The summed E-state index contributed by atoms with van der Waals surface area (Å²) in [7, 11) is 3.25. The molecule has 1 saturated heterocycles. The van der Waals surface area contributed by atoms with E-state index in [4.69, 9.17) is 18.9 Å². The monoisotopic (exact) mass is 406 g/mol. The highest BCUT2D eigenvalue weighted by molar-refractivity contribution is 8.16. The zero-order valence-electron chi connectivity index (χ0n) is 15.3. The standard InChI is InChI=1S/C20H22O5S2/c1-22-16-9-13(14(10-17(16)23-2)20-26-6-3-7-27-20)19(21)12-4-5-15-18(8-12)25-11-24-15/h4-5,8-10,19-21H,3,6-7,11H2,1-2H3. The van der Waals surface area contributed by atoms with Crippen molar-refractivity contribution in [1.29, 1.82) is 0 Å². The fourth-order valence-electron chi connectivity index (χ4n) is 3.28. The minimum atomic E-state index is -0.794. The summed E-state index contributed by atoms with van der Waals surface area (Å²) < 4.78 is 22.1. The topological polar surface area (TPSA) is 57.2 Å². The third-order valence-corrected chi connectivity index (χ3v) is 7.66. The number of thioether (sulfide) groups is 2. The van der Waals surface area contributed by atoms with Crippen molar-refractivity contribution >= 4 is 23.5 Å². The van der Waals surface area contributed by atoms with Gasteiger partial charge in [-0.25, -0.2) is 0 Å². The SMILES string of the molecule is COc1cc(C2SCCCS2)c(C(O)c2ccc3c(c2)OCO3)cc1OC. The van der Waals surface area contributed by atoms with Crippen molar-refractivity contribution in [2.45, 2.75) is 17.1 Å². The van der Waals surface area contributed by atoms with Gasteiger partial charge in [-0.1, -0.05) is 6.07 Å². The molecule has 0 spiro atoms. The highest BCUT2D eigenvalue weighted by atomic mass is 32.2. The molecule has 0 saturated carbocycles. The zero-order chi connectivity index (χ0) is 18.8. The lowest BCUT2D eigenvalue weighted by Gasteiger charge is -2.26. The minimum absolute atomic E-state index is 0.214. The molecule has 2 aromatic rings. The van der Waals surface area contributed by atoms with Gasteiger partial charge in [-0.05, 0) is 58.9 Å². The molecule has 1 fully saturated rings. The molecule has 5 nitrogen and oxygen atoms in total. The van der Waals surface area contributed by atoms with Gasteiger partial charge in [0.05, 0.1) is 18.8 Å². The van der Waals surface area contributed by atoms with Gasteiger partial charge in [0.1, 0.15) is 6.10 Å². The lowest BCUT2D eigenvalue weighted by molar-refractivity contribution is 0.173. The molecule has 144 valence electrons. The van der Waals surface area contributed by atoms with Gasteiger partial charge in [-0.3, -0.25) is 0 Å². The van der Waals surface area contributed by atoms with Crippen LogP contribution >= 0.6 is 23.5 Å². The largest absolute Gasteiger partial charge is 0.493 e. The van der Waals surface area contributed by atoms with Gasteiger partial charge in [0, 0.05) is 0 Å². The first-order valence-electron chi connectivity index (χ1n) is 8.78. The van der Waals surface area contributed by atoms with Gasteiger partial charge < -0.3 is 24.1 Å². The normalized spacial score (nSPS) is 17.6. The third kappa shape index (κ3) is 3.68. The summed E-state index contributed by atoms with van der Waals surface area (Å²) >= 11 is 3.81. The lowest BCUT2D eigenvalue weighted by Crippen LogP contribution is -2.09. The van der Waals surface area contributed by atoms with Crippen LogP contribution < -0.4 is 18.9 Å². The number of rotatable bonds is 5. The van der Waals surface area contributed by atoms with E-state index in [0.29, 0.717) is 23.0 Å². The molecular formula is C20H22O5S2. The van der Waals surface area contributed by atoms with E-state index in [2.05, 4.69) is 0 Å². The summed E-state index contributed by atoms with van der Waals surface area (Å²) in [5.74, 6) is 4.89. The van der Waals surface area contributed by atoms with Crippen LogP contribution in [-0.4, -0.2) is 37.6 Å². The molecule has 0 aromatic heterocycles. The Hall–Kier alpha value is -1.70. The molecular weight excluding hydrogens is 384 g/mol. The molecule has 1 atom stereocenters. The summed E-state index contributed by atoms with van der Waals surface area (Å²) in [4.78, 5) is 0. The molecule has 2 aliphatic rings. The first-order valence-corrected chi connectivity index (χ1v) is 10.9. The number of benzene rings is 2. The van der Waals surface area contributed by atoms with E-state index < -0.39 is 6.10 Å². The number of fused-ring (bicyclic) bond motifs is 1. The number of aliphatic hydroxyl groups is 1. The van der Waals surface area contributed by atoms with Crippen LogP contribution in [0.2, 0.25) is 0 Å². The highest BCUT2D eigenvalue weighted by Crippen LogP contribution is 2.49. The van der Waals surface area contributed by atoms with Crippen molar-refractivity contribution in [3.8, 4) is 23.0 Å². The highest BCUT2D eigenvalue weighted by Gasteiger charge is 2.27. The van der Waals surface area contributed by atoms with Crippen molar-refractivity contribution in [1.82, 2.24) is 0 Å². The van der Waals surface area contributed by atoms with Crippen LogP contribution in [0.3, 0.4) is 0 Å². The Balaban J connectivity index is 1.77. The maximum Gasteiger partial charge on any atom is 0.231 e. The van der Waals surface area contributed by atoms with E-state index in [1.165, 1.54) is 6.42 Å². The van der Waals surface area contributed by atoms with E-state index in [1.54, 1.807) is 14.2 Å². The van der Waals surface area contributed by atoms with E-state index in [-0.39, 0.29) is 11.4 Å². The van der Waals surface area contributed by atoms with Crippen LogP contribution in [0.25, 0.3) is 0 Å². The van der Waals surface area contributed by atoms with Crippen LogP contribution in [0, 0.1) is 0 Å². The summed E-state index contributed by atoms with van der Waals surface area (Å²) in [6, 6.07) is 9.44. The Morgan fingerprint density at radius 3 is 2.44 bits per heavy atom. The number of ether oxygens (including phenoxy) is 4. The second-order valence-corrected chi connectivity index (χ2v) is 9.00. The van der Waals surface area contributed by atoms with Crippen LogP contribution in [0.1, 0.15) is 33.8 Å². The van der Waals surface area contributed by atoms with Crippen LogP contribution in [0.5, 0.6) is 23.0 Å². The Kier molecular flexibility index (Phi) is 5.61. The van der Waals surface area contributed by atoms with E-state index in [1.807, 2.05) is 53.9 Å². The average molecular weight is 407 g/mol. The first kappa shape index (κ1) is 18.7. The fraction of sp³-hybridized carbons (Fsp3) is 0.400. The van der Waals surface area contributed by atoms with Gasteiger partial charge >= 0.3 is 0 Å². The molecule has 2 aliphatic heterocycles. The van der Waals surface area contributed by atoms with Crippen molar-refractivity contribution < 1.29 is 24.1 Å². The van der Waals surface area contributed by atoms with Crippen LogP contribution in [0.15, 0.2) is 30.3 Å². The molecule has 1 N–H and O–H groups in total. The smallest absolute Gasteiger partial charge is 0.231 e. The predicted octanol–water partition coefficient (Wildman–Crippen LogP) is 4.38. The predicted molar refractivity (Wildman–Crippen MR) is 108 cm³/mol. The van der Waals surface area contributed by atoms with Crippen LogP contribution in [-0.2, 0) is 0 Å². The molecule has 2 aromatic carbocycles. The van der Waals surface area contributed by atoms with Gasteiger partial charge in [-0.15, -0.1) is 23.5 Å². The Morgan fingerprint density at radius 2 is 1.70 bits per heavy atom. The maximum absolute atomic E-state index is 11.2. The second kappa shape index (κ2) is 8.12. The van der Waals surface area contributed by atoms with Gasteiger partial charge in [0.15, 0.2) is 23.0 Å². The summed E-state index contributed by atoms with van der Waals surface area (Å²) in [5.41, 5.74) is 2.67. The molecule has 0 amide bonds. The van der Waals surface area contributed by atoms with E-state index in [9.17, 15) is 5.11 Å². The summed E-state index contributed by atoms with van der Waals surface area (Å²) in [6.45, 7) is 0.214. The lowest BCUT2D eigenvalue weighted by atomic mass is 9.96. The van der Waals surface area contributed by atoms with Crippen molar-refractivity contribution in [3.05, 3.63) is 47.0 Å². The van der Waals surface area contributed by atoms with E-state index in [0.717, 1.165) is 28.2 Å². The number of aliphatic hydroxyl groups excluding tert-OH is 1. The van der Waals surface area contributed by atoms with Crippen molar-refractivity contribution in [3.63, 3.8) is 0 Å². The number of hydrogen-bond acceptors (Lipinski definition) is 7. The van der Waals surface area contributed by atoms with E-state index >= 15 is 0 Å². The minimum Gasteiger partial charge on any atom is -0.493 e. The molecule has 2 heterocycles. The summed E-state index contributed by atoms with van der Waals surface area (Å²) in [5, 5.41) is 11.2. The zero-order valence-corrected chi connectivity index (χ0v) is 16.9. The summed E-state index contributed by atoms with van der Waals surface area (Å²) in [6.07, 6.45) is 0.413. The average Bonchev–Trinajstić information content (AvgIpc) is 3.20. The molecule has 4 rings (SSSR count).